The van der Waals surface area contributed by atoms with Crippen molar-refractivity contribution < 1.29 is 9.90 Å². The highest BCUT2D eigenvalue weighted by atomic mass is 32.2. The molecule has 1 atom stereocenters. The Balaban J connectivity index is 2.08. The van der Waals surface area contributed by atoms with Gasteiger partial charge in [-0.1, -0.05) is 30.3 Å². The maximum absolute atomic E-state index is 11.3. The van der Waals surface area contributed by atoms with Gasteiger partial charge in [-0.2, -0.15) is 0 Å². The molecule has 1 aromatic rings. The van der Waals surface area contributed by atoms with Gasteiger partial charge in [0.15, 0.2) is 0 Å². The van der Waals surface area contributed by atoms with Gasteiger partial charge < -0.3 is 5.11 Å². The molecule has 4 heteroatoms. The third-order valence-electron chi connectivity index (χ3n) is 2.62. The van der Waals surface area contributed by atoms with Crippen LogP contribution >= 0.6 is 23.5 Å². The number of hydrogen-bond acceptors (Lipinski definition) is 3. The molecule has 1 N–H and O–H groups in total. The summed E-state index contributed by atoms with van der Waals surface area (Å²) >= 11 is 3.76. The first kappa shape index (κ1) is 11.9. The number of carboxylic acid groups (broad SMARTS) is 1. The van der Waals surface area contributed by atoms with E-state index in [0.717, 1.165) is 23.5 Å². The maximum atomic E-state index is 11.3. The molecule has 0 aromatic heterocycles. The van der Waals surface area contributed by atoms with Crippen LogP contribution in [0.1, 0.15) is 17.9 Å². The van der Waals surface area contributed by atoms with Gasteiger partial charge in [0.2, 0.25) is 0 Å². The number of aliphatic carboxylic acids is 1. The van der Waals surface area contributed by atoms with Gasteiger partial charge in [0, 0.05) is 11.5 Å². The second-order valence-corrected chi connectivity index (χ2v) is 6.63. The molecule has 0 saturated carbocycles. The highest BCUT2D eigenvalue weighted by Gasteiger charge is 2.26. The van der Waals surface area contributed by atoms with Crippen molar-refractivity contribution in [2.45, 2.75) is 16.9 Å². The number of hydrogen-bond donors (Lipinski definition) is 1. The molecule has 0 spiro atoms. The first-order valence-electron chi connectivity index (χ1n) is 5.28. The summed E-state index contributed by atoms with van der Waals surface area (Å²) in [4.78, 5) is 11.3. The SMILES string of the molecule is O=C(O)C(CC1SCCS1)c1ccccc1. The zero-order chi connectivity index (χ0) is 11.4. The fraction of sp³-hybridized carbons (Fsp3) is 0.417. The van der Waals surface area contributed by atoms with E-state index in [1.54, 1.807) is 0 Å². The summed E-state index contributed by atoms with van der Waals surface area (Å²) in [7, 11) is 0. The van der Waals surface area contributed by atoms with Crippen molar-refractivity contribution in [3.63, 3.8) is 0 Å². The Bertz CT molecular complexity index is 347. The van der Waals surface area contributed by atoms with Crippen molar-refractivity contribution in [2.24, 2.45) is 0 Å². The number of rotatable bonds is 4. The van der Waals surface area contributed by atoms with E-state index >= 15 is 0 Å². The molecule has 1 saturated heterocycles. The predicted octanol–water partition coefficient (Wildman–Crippen LogP) is 3.05. The molecule has 1 aromatic carbocycles. The van der Waals surface area contributed by atoms with Gasteiger partial charge in [0.05, 0.1) is 10.5 Å². The van der Waals surface area contributed by atoms with Gasteiger partial charge in [-0.15, -0.1) is 23.5 Å². The molecule has 1 aliphatic rings. The van der Waals surface area contributed by atoms with Crippen LogP contribution in [0.2, 0.25) is 0 Å². The van der Waals surface area contributed by atoms with Crippen LogP contribution in [0, 0.1) is 0 Å². The summed E-state index contributed by atoms with van der Waals surface area (Å²) < 4.78 is 0.446. The topological polar surface area (TPSA) is 37.3 Å². The Morgan fingerprint density at radius 2 is 1.94 bits per heavy atom. The molecule has 0 radical (unpaired) electrons. The lowest BCUT2D eigenvalue weighted by molar-refractivity contribution is -0.138. The van der Waals surface area contributed by atoms with E-state index < -0.39 is 5.97 Å². The number of carboxylic acids is 1. The Labute approximate surface area is 104 Å². The fourth-order valence-corrected chi connectivity index (χ4v) is 4.72. The van der Waals surface area contributed by atoms with Crippen molar-refractivity contribution >= 4 is 29.5 Å². The monoisotopic (exact) mass is 254 g/mol. The molecule has 2 nitrogen and oxygen atoms in total. The Morgan fingerprint density at radius 3 is 2.50 bits per heavy atom. The smallest absolute Gasteiger partial charge is 0.311 e. The van der Waals surface area contributed by atoms with Crippen LogP contribution < -0.4 is 0 Å². The average molecular weight is 254 g/mol. The van der Waals surface area contributed by atoms with Gasteiger partial charge in [-0.25, -0.2) is 0 Å². The van der Waals surface area contributed by atoms with E-state index in [9.17, 15) is 9.90 Å². The van der Waals surface area contributed by atoms with Crippen molar-refractivity contribution in [3.05, 3.63) is 35.9 Å². The van der Waals surface area contributed by atoms with Crippen LogP contribution in [0.3, 0.4) is 0 Å². The molecule has 1 aliphatic heterocycles. The summed E-state index contributed by atoms with van der Waals surface area (Å²) in [6.07, 6.45) is 0.731. The first-order valence-corrected chi connectivity index (χ1v) is 7.38. The van der Waals surface area contributed by atoms with E-state index in [-0.39, 0.29) is 5.92 Å². The number of thioether (sulfide) groups is 2. The Hall–Kier alpha value is -0.610. The zero-order valence-corrected chi connectivity index (χ0v) is 10.5. The van der Waals surface area contributed by atoms with Crippen LogP contribution in [0.5, 0.6) is 0 Å². The molecular weight excluding hydrogens is 240 g/mol. The van der Waals surface area contributed by atoms with E-state index in [1.807, 2.05) is 53.9 Å². The molecule has 1 heterocycles. The van der Waals surface area contributed by atoms with Crippen molar-refractivity contribution in [2.75, 3.05) is 11.5 Å². The minimum atomic E-state index is -0.709. The van der Waals surface area contributed by atoms with Crippen LogP contribution in [-0.4, -0.2) is 27.2 Å². The second-order valence-electron chi connectivity index (χ2n) is 3.71. The minimum Gasteiger partial charge on any atom is -0.481 e. The third-order valence-corrected chi connectivity index (χ3v) is 5.70. The molecule has 16 heavy (non-hydrogen) atoms. The summed E-state index contributed by atoms with van der Waals surface area (Å²) in [6.45, 7) is 0. The highest BCUT2D eigenvalue weighted by molar-refractivity contribution is 8.20. The van der Waals surface area contributed by atoms with Crippen LogP contribution in [-0.2, 0) is 4.79 Å². The lowest BCUT2D eigenvalue weighted by Gasteiger charge is -2.16. The zero-order valence-electron chi connectivity index (χ0n) is 8.83. The van der Waals surface area contributed by atoms with E-state index in [4.69, 9.17) is 0 Å². The van der Waals surface area contributed by atoms with Crippen LogP contribution in [0.4, 0.5) is 0 Å². The van der Waals surface area contributed by atoms with Gasteiger partial charge in [0.1, 0.15) is 0 Å². The highest BCUT2D eigenvalue weighted by Crippen LogP contribution is 2.38. The summed E-state index contributed by atoms with van der Waals surface area (Å²) in [5.41, 5.74) is 0.920. The molecule has 0 aliphatic carbocycles. The third kappa shape index (κ3) is 2.95. The van der Waals surface area contributed by atoms with Gasteiger partial charge >= 0.3 is 5.97 Å². The quantitative estimate of drug-likeness (QED) is 0.896. The molecule has 86 valence electrons. The molecular formula is C12H14O2S2. The van der Waals surface area contributed by atoms with E-state index in [2.05, 4.69) is 0 Å². The molecule has 1 fully saturated rings. The first-order chi connectivity index (χ1) is 7.77. The van der Waals surface area contributed by atoms with Gasteiger partial charge in [-0.3, -0.25) is 4.79 Å². The number of benzene rings is 1. The average Bonchev–Trinajstić information content (AvgIpc) is 2.79. The lowest BCUT2D eigenvalue weighted by Crippen LogP contribution is -2.15. The molecule has 0 amide bonds. The second kappa shape index (κ2) is 5.64. The Kier molecular flexibility index (Phi) is 4.18. The molecule has 1 unspecified atom stereocenters. The lowest BCUT2D eigenvalue weighted by atomic mass is 9.97. The minimum absolute atomic E-state index is 0.357. The van der Waals surface area contributed by atoms with Crippen molar-refractivity contribution in [1.29, 1.82) is 0 Å². The van der Waals surface area contributed by atoms with E-state index in [0.29, 0.717) is 4.58 Å². The van der Waals surface area contributed by atoms with Gasteiger partial charge in [-0.05, 0) is 12.0 Å². The standard InChI is InChI=1S/C12H14O2S2/c13-12(14)10(8-11-15-6-7-16-11)9-4-2-1-3-5-9/h1-5,10-11H,6-8H2,(H,13,14). The number of carbonyl (C=O) groups is 1. The molecule has 2 rings (SSSR count). The van der Waals surface area contributed by atoms with E-state index in [1.165, 1.54) is 0 Å². The Morgan fingerprint density at radius 1 is 1.31 bits per heavy atom. The molecule has 0 bridgehead atoms. The normalized spacial score (nSPS) is 18.5. The summed E-state index contributed by atoms with van der Waals surface area (Å²) in [6, 6.07) is 9.54. The predicted molar refractivity (Wildman–Crippen MR) is 70.1 cm³/mol. The fourth-order valence-electron chi connectivity index (χ4n) is 1.80. The van der Waals surface area contributed by atoms with Crippen molar-refractivity contribution in [1.82, 2.24) is 0 Å². The van der Waals surface area contributed by atoms with Crippen molar-refractivity contribution in [3.8, 4) is 0 Å². The van der Waals surface area contributed by atoms with Gasteiger partial charge in [0.25, 0.3) is 0 Å². The maximum Gasteiger partial charge on any atom is 0.311 e. The summed E-state index contributed by atoms with van der Waals surface area (Å²) in [5.74, 6) is 1.23. The van der Waals surface area contributed by atoms with Crippen LogP contribution in [0.15, 0.2) is 30.3 Å². The summed E-state index contributed by atoms with van der Waals surface area (Å²) in [5, 5.41) is 9.27. The van der Waals surface area contributed by atoms with Crippen LogP contribution in [0.25, 0.3) is 0 Å². The largest absolute Gasteiger partial charge is 0.481 e.